The molecule has 1 amide bonds. The first kappa shape index (κ1) is 22.9. The second-order valence-corrected chi connectivity index (χ2v) is 8.08. The molecule has 0 saturated carbocycles. The number of nitrogens with one attached hydrogen (secondary N) is 1. The summed E-state index contributed by atoms with van der Waals surface area (Å²) in [4.78, 5) is 15.0. The number of carbonyl (C=O) groups is 1. The summed E-state index contributed by atoms with van der Waals surface area (Å²) in [6.07, 6.45) is 3.27. The van der Waals surface area contributed by atoms with Gasteiger partial charge in [-0.3, -0.25) is 9.69 Å². The number of methoxy groups -OCH3 is 3. The van der Waals surface area contributed by atoms with E-state index in [1.165, 1.54) is 5.56 Å². The molecule has 0 bridgehead atoms. The van der Waals surface area contributed by atoms with Gasteiger partial charge in [-0.15, -0.1) is 0 Å². The maximum Gasteiger partial charge on any atom is 0.220 e. The average Bonchev–Trinajstić information content (AvgIpc) is 2.81. The highest BCUT2D eigenvalue weighted by atomic mass is 16.5. The lowest BCUT2D eigenvalue weighted by atomic mass is 9.85. The molecule has 2 unspecified atom stereocenters. The van der Waals surface area contributed by atoms with Gasteiger partial charge in [-0.05, 0) is 80.2 Å². The van der Waals surface area contributed by atoms with Gasteiger partial charge in [0.1, 0.15) is 17.2 Å². The Balaban J connectivity index is 1.59. The zero-order chi connectivity index (χ0) is 22.2. The minimum Gasteiger partial charge on any atom is -0.497 e. The number of hydrogen-bond donors (Lipinski definition) is 1. The molecule has 31 heavy (non-hydrogen) atoms. The van der Waals surface area contributed by atoms with Crippen LogP contribution in [0.5, 0.6) is 17.2 Å². The van der Waals surface area contributed by atoms with Crippen LogP contribution < -0.4 is 19.5 Å². The van der Waals surface area contributed by atoms with Crippen molar-refractivity contribution in [2.24, 2.45) is 5.92 Å². The van der Waals surface area contributed by atoms with E-state index >= 15 is 0 Å². The molecular formula is C25H34N2O4. The van der Waals surface area contributed by atoms with Gasteiger partial charge < -0.3 is 19.5 Å². The fourth-order valence-corrected chi connectivity index (χ4v) is 4.46. The van der Waals surface area contributed by atoms with Crippen LogP contribution in [0.2, 0.25) is 0 Å². The highest BCUT2D eigenvalue weighted by molar-refractivity contribution is 5.76. The third-order valence-corrected chi connectivity index (χ3v) is 6.13. The van der Waals surface area contributed by atoms with Crippen LogP contribution in [-0.4, -0.2) is 52.3 Å². The van der Waals surface area contributed by atoms with Crippen LogP contribution in [0, 0.1) is 5.92 Å². The van der Waals surface area contributed by atoms with Gasteiger partial charge in [-0.25, -0.2) is 0 Å². The Bertz CT molecular complexity index is 853. The molecule has 6 heteroatoms. The zero-order valence-electron chi connectivity index (χ0n) is 19.0. The number of benzene rings is 2. The number of piperidine rings is 1. The third-order valence-electron chi connectivity index (χ3n) is 6.13. The summed E-state index contributed by atoms with van der Waals surface area (Å²) in [5, 5.41) is 3.17. The van der Waals surface area contributed by atoms with Crippen LogP contribution in [0.1, 0.15) is 36.4 Å². The smallest absolute Gasteiger partial charge is 0.220 e. The first-order valence-electron chi connectivity index (χ1n) is 10.9. The van der Waals surface area contributed by atoms with E-state index in [-0.39, 0.29) is 5.91 Å². The second kappa shape index (κ2) is 11.0. The first-order valence-corrected chi connectivity index (χ1v) is 10.9. The van der Waals surface area contributed by atoms with E-state index in [2.05, 4.69) is 29.4 Å². The van der Waals surface area contributed by atoms with Gasteiger partial charge in [-0.2, -0.15) is 0 Å². The van der Waals surface area contributed by atoms with E-state index in [0.29, 0.717) is 31.3 Å². The maximum atomic E-state index is 12.6. The molecule has 0 aliphatic carbocycles. The van der Waals surface area contributed by atoms with Crippen molar-refractivity contribution >= 4 is 5.91 Å². The lowest BCUT2D eigenvalue weighted by Gasteiger charge is -2.39. The molecule has 2 aromatic rings. The molecule has 2 atom stereocenters. The molecule has 0 aromatic heterocycles. The van der Waals surface area contributed by atoms with E-state index in [4.69, 9.17) is 14.2 Å². The van der Waals surface area contributed by atoms with E-state index in [0.717, 1.165) is 42.2 Å². The Morgan fingerprint density at radius 1 is 1.03 bits per heavy atom. The van der Waals surface area contributed by atoms with Crippen molar-refractivity contribution < 1.29 is 19.0 Å². The predicted molar refractivity (Wildman–Crippen MR) is 122 cm³/mol. The Kier molecular flexibility index (Phi) is 8.18. The fourth-order valence-electron chi connectivity index (χ4n) is 4.46. The number of nitrogens with zero attached hydrogens (tertiary/aromatic N) is 1. The lowest BCUT2D eigenvalue weighted by molar-refractivity contribution is -0.121. The molecule has 0 radical (unpaired) electrons. The fraction of sp³-hybridized carbons (Fsp3) is 0.480. The maximum absolute atomic E-state index is 12.6. The summed E-state index contributed by atoms with van der Waals surface area (Å²) < 4.78 is 16.0. The van der Waals surface area contributed by atoms with Crippen molar-refractivity contribution in [2.45, 2.75) is 31.7 Å². The molecule has 6 nitrogen and oxygen atoms in total. The van der Waals surface area contributed by atoms with Gasteiger partial charge in [0.25, 0.3) is 0 Å². The average molecular weight is 427 g/mol. The Morgan fingerprint density at radius 3 is 2.42 bits per heavy atom. The predicted octanol–water partition coefficient (Wildman–Crippen LogP) is 3.84. The molecule has 1 heterocycles. The molecule has 0 spiro atoms. The van der Waals surface area contributed by atoms with Crippen LogP contribution in [0.15, 0.2) is 42.5 Å². The summed E-state index contributed by atoms with van der Waals surface area (Å²) in [5.74, 6) is 2.85. The van der Waals surface area contributed by atoms with Crippen molar-refractivity contribution in [1.29, 1.82) is 0 Å². The van der Waals surface area contributed by atoms with Crippen molar-refractivity contribution in [3.63, 3.8) is 0 Å². The molecule has 1 aliphatic rings. The van der Waals surface area contributed by atoms with Gasteiger partial charge in [-0.1, -0.05) is 12.1 Å². The highest BCUT2D eigenvalue weighted by Crippen LogP contribution is 2.35. The largest absolute Gasteiger partial charge is 0.497 e. The van der Waals surface area contributed by atoms with Crippen LogP contribution in [-0.2, 0) is 11.2 Å². The van der Waals surface area contributed by atoms with E-state index in [1.54, 1.807) is 21.3 Å². The number of hydrogen-bond acceptors (Lipinski definition) is 5. The van der Waals surface area contributed by atoms with Gasteiger partial charge in [0.15, 0.2) is 0 Å². The van der Waals surface area contributed by atoms with Gasteiger partial charge >= 0.3 is 0 Å². The Hall–Kier alpha value is -2.73. The molecular weight excluding hydrogens is 392 g/mol. The van der Waals surface area contributed by atoms with Crippen LogP contribution >= 0.6 is 0 Å². The molecule has 1 aliphatic heterocycles. The quantitative estimate of drug-likeness (QED) is 0.660. The number of aryl methyl sites for hydroxylation is 1. The van der Waals surface area contributed by atoms with Gasteiger partial charge in [0.05, 0.1) is 21.3 Å². The van der Waals surface area contributed by atoms with Crippen LogP contribution in [0.3, 0.4) is 0 Å². The van der Waals surface area contributed by atoms with Crippen molar-refractivity contribution in [2.75, 3.05) is 41.5 Å². The molecule has 1 saturated heterocycles. The summed E-state index contributed by atoms with van der Waals surface area (Å²) in [5.41, 5.74) is 2.24. The van der Waals surface area contributed by atoms with Gasteiger partial charge in [0.2, 0.25) is 5.91 Å². The second-order valence-electron chi connectivity index (χ2n) is 8.08. The Labute approximate surface area is 185 Å². The van der Waals surface area contributed by atoms with E-state index in [1.807, 2.05) is 30.3 Å². The molecule has 1 N–H and O–H groups in total. The topological polar surface area (TPSA) is 60.0 Å². The number of likely N-dealkylation sites (tertiary alicyclic amines) is 1. The van der Waals surface area contributed by atoms with Crippen molar-refractivity contribution in [3.05, 3.63) is 53.6 Å². The summed E-state index contributed by atoms with van der Waals surface area (Å²) in [6.45, 7) is 1.74. The van der Waals surface area contributed by atoms with Crippen LogP contribution in [0.25, 0.3) is 0 Å². The lowest BCUT2D eigenvalue weighted by Crippen LogP contribution is -2.41. The molecule has 1 fully saturated rings. The SMILES string of the molecule is COc1ccc(C2C(CNC(=O)CCc3cc(OC)ccc3OC)CCCN2C)cc1. The van der Waals surface area contributed by atoms with E-state index < -0.39 is 0 Å². The first-order chi connectivity index (χ1) is 15.0. The molecule has 2 aromatic carbocycles. The monoisotopic (exact) mass is 426 g/mol. The standard InChI is InChI=1S/C25H34N2O4/c1-27-15-5-6-20(25(27)18-7-10-21(29-2)11-8-18)17-26-24(28)14-9-19-16-22(30-3)12-13-23(19)31-4/h7-8,10-13,16,20,25H,5-6,9,14-15,17H2,1-4H3,(H,26,28). The highest BCUT2D eigenvalue weighted by Gasteiger charge is 2.30. The number of ether oxygens (including phenoxy) is 3. The minimum atomic E-state index is 0.0616. The summed E-state index contributed by atoms with van der Waals surface area (Å²) in [6, 6.07) is 14.2. The molecule has 3 rings (SSSR count). The third kappa shape index (κ3) is 5.91. The van der Waals surface area contributed by atoms with Crippen molar-refractivity contribution in [1.82, 2.24) is 10.2 Å². The minimum absolute atomic E-state index is 0.0616. The summed E-state index contributed by atoms with van der Waals surface area (Å²) >= 11 is 0. The number of carbonyl (C=O) groups excluding carboxylic acids is 1. The zero-order valence-corrected chi connectivity index (χ0v) is 19.0. The van der Waals surface area contributed by atoms with Crippen molar-refractivity contribution in [3.8, 4) is 17.2 Å². The van der Waals surface area contributed by atoms with Gasteiger partial charge in [0, 0.05) is 19.0 Å². The normalized spacial score (nSPS) is 19.0. The number of amides is 1. The molecule has 168 valence electrons. The number of rotatable bonds is 9. The Morgan fingerprint density at radius 2 is 1.74 bits per heavy atom. The summed E-state index contributed by atoms with van der Waals surface area (Å²) in [7, 11) is 7.13. The van der Waals surface area contributed by atoms with E-state index in [9.17, 15) is 4.79 Å². The van der Waals surface area contributed by atoms with Crippen LogP contribution in [0.4, 0.5) is 0 Å².